The molecule has 3 aromatic rings. The molecule has 2 aromatic carbocycles. The van der Waals surface area contributed by atoms with Gasteiger partial charge in [0.15, 0.2) is 0 Å². The number of nitrogens with zero attached hydrogens (tertiary/aromatic N) is 2. The Labute approximate surface area is 190 Å². The largest absolute Gasteiger partial charge is 0.441 e. The summed E-state index contributed by atoms with van der Waals surface area (Å²) in [5, 5.41) is 3.67. The first-order chi connectivity index (χ1) is 14.9. The molecular formula is C23H21Cl2N3O3. The van der Waals surface area contributed by atoms with E-state index in [0.717, 1.165) is 12.0 Å². The molecule has 0 spiro atoms. The van der Waals surface area contributed by atoms with Crippen molar-refractivity contribution in [2.45, 2.75) is 32.2 Å². The molecule has 1 unspecified atom stereocenters. The number of rotatable bonds is 5. The summed E-state index contributed by atoms with van der Waals surface area (Å²) in [4.78, 5) is 32.0. The summed E-state index contributed by atoms with van der Waals surface area (Å²) < 4.78 is 5.75. The Bertz CT molecular complexity index is 1090. The van der Waals surface area contributed by atoms with Crippen molar-refractivity contribution in [3.8, 4) is 11.5 Å². The Balaban J connectivity index is 1.46. The minimum Gasteiger partial charge on any atom is -0.441 e. The van der Waals surface area contributed by atoms with Gasteiger partial charge >= 0.3 is 0 Å². The molecule has 1 saturated heterocycles. The number of aryl methyl sites for hydroxylation is 1. The number of carbonyl (C=O) groups is 2. The van der Waals surface area contributed by atoms with Crippen LogP contribution in [0.5, 0.6) is 0 Å². The number of amides is 2. The van der Waals surface area contributed by atoms with Crippen molar-refractivity contribution >= 4 is 40.7 Å². The Morgan fingerprint density at radius 2 is 1.87 bits per heavy atom. The van der Waals surface area contributed by atoms with Gasteiger partial charge in [0.2, 0.25) is 17.7 Å². The normalized spacial score (nSPS) is 15.8. The quantitative estimate of drug-likeness (QED) is 0.575. The zero-order chi connectivity index (χ0) is 22.0. The fourth-order valence-corrected chi connectivity index (χ4v) is 4.26. The Morgan fingerprint density at radius 3 is 2.58 bits per heavy atom. The Morgan fingerprint density at radius 1 is 1.16 bits per heavy atom. The molecule has 1 N–H and O–H groups in total. The van der Waals surface area contributed by atoms with Gasteiger partial charge in [-0.2, -0.15) is 0 Å². The summed E-state index contributed by atoms with van der Waals surface area (Å²) in [5.74, 6) is 0.666. The van der Waals surface area contributed by atoms with E-state index in [1.165, 1.54) is 0 Å². The van der Waals surface area contributed by atoms with E-state index in [2.05, 4.69) is 10.3 Å². The van der Waals surface area contributed by atoms with Crippen LogP contribution >= 0.6 is 23.2 Å². The molecule has 1 fully saturated rings. The highest BCUT2D eigenvalue weighted by Gasteiger charge is 2.34. The second kappa shape index (κ2) is 9.12. The van der Waals surface area contributed by atoms with E-state index in [0.29, 0.717) is 46.0 Å². The van der Waals surface area contributed by atoms with Crippen LogP contribution in [0.15, 0.2) is 52.9 Å². The minimum atomic E-state index is -0.550. The highest BCUT2D eigenvalue weighted by atomic mass is 35.5. The predicted molar refractivity (Wildman–Crippen MR) is 120 cm³/mol. The Hall–Kier alpha value is -2.83. The van der Waals surface area contributed by atoms with Crippen LogP contribution in [-0.4, -0.2) is 34.3 Å². The number of benzene rings is 2. The molecule has 0 radical (unpaired) electrons. The van der Waals surface area contributed by atoms with Gasteiger partial charge in [-0.1, -0.05) is 41.4 Å². The van der Waals surface area contributed by atoms with Gasteiger partial charge in [0.05, 0.1) is 12.1 Å². The van der Waals surface area contributed by atoms with E-state index in [-0.39, 0.29) is 18.2 Å². The molecule has 1 aliphatic rings. The third-order valence-electron chi connectivity index (χ3n) is 5.24. The molecular weight excluding hydrogens is 437 g/mol. The van der Waals surface area contributed by atoms with Crippen LogP contribution in [0, 0.1) is 6.92 Å². The third kappa shape index (κ3) is 4.92. The second-order valence-corrected chi connectivity index (χ2v) is 8.33. The van der Waals surface area contributed by atoms with Crippen molar-refractivity contribution in [3.05, 3.63) is 70.0 Å². The second-order valence-electron chi connectivity index (χ2n) is 7.46. The van der Waals surface area contributed by atoms with E-state index < -0.39 is 6.04 Å². The van der Waals surface area contributed by atoms with Crippen LogP contribution in [-0.2, 0) is 16.0 Å². The maximum Gasteiger partial charge on any atom is 0.247 e. The highest BCUT2D eigenvalue weighted by Crippen LogP contribution is 2.26. The average Bonchev–Trinajstić information content (AvgIpc) is 3.35. The molecule has 0 saturated carbocycles. The number of halogens is 2. The van der Waals surface area contributed by atoms with Gasteiger partial charge < -0.3 is 14.6 Å². The maximum absolute atomic E-state index is 13.0. The van der Waals surface area contributed by atoms with Crippen LogP contribution in [0.3, 0.4) is 0 Å². The van der Waals surface area contributed by atoms with Crippen LogP contribution in [0.2, 0.25) is 10.0 Å². The number of aromatic nitrogens is 1. The van der Waals surface area contributed by atoms with Gasteiger partial charge in [-0.05, 0) is 50.1 Å². The SMILES string of the molecule is Cc1oc(-c2ccccc2)nc1CC(=O)N1CCCC1C(=O)Nc1cc(Cl)cc(Cl)c1. The molecule has 0 bridgehead atoms. The lowest BCUT2D eigenvalue weighted by Crippen LogP contribution is -2.43. The number of nitrogens with one attached hydrogen (secondary N) is 1. The van der Waals surface area contributed by atoms with Gasteiger partial charge in [0, 0.05) is 27.8 Å². The van der Waals surface area contributed by atoms with Crippen molar-refractivity contribution < 1.29 is 14.0 Å². The molecule has 1 aromatic heterocycles. The number of oxazole rings is 1. The van der Waals surface area contributed by atoms with E-state index in [4.69, 9.17) is 27.6 Å². The molecule has 2 heterocycles. The van der Waals surface area contributed by atoms with Crippen LogP contribution in [0.4, 0.5) is 5.69 Å². The molecule has 2 amide bonds. The maximum atomic E-state index is 13.0. The molecule has 160 valence electrons. The van der Waals surface area contributed by atoms with Gasteiger partial charge in [-0.15, -0.1) is 0 Å². The summed E-state index contributed by atoms with van der Waals surface area (Å²) in [6.07, 6.45) is 1.43. The molecule has 6 nitrogen and oxygen atoms in total. The lowest BCUT2D eigenvalue weighted by molar-refractivity contribution is -0.136. The van der Waals surface area contributed by atoms with Crippen LogP contribution in [0.1, 0.15) is 24.3 Å². The summed E-state index contributed by atoms with van der Waals surface area (Å²) >= 11 is 12.0. The highest BCUT2D eigenvalue weighted by molar-refractivity contribution is 6.35. The third-order valence-corrected chi connectivity index (χ3v) is 5.67. The summed E-state index contributed by atoms with van der Waals surface area (Å²) in [6, 6.07) is 13.8. The van der Waals surface area contributed by atoms with Gasteiger partial charge in [0.1, 0.15) is 11.8 Å². The van der Waals surface area contributed by atoms with Crippen molar-refractivity contribution in [1.29, 1.82) is 0 Å². The molecule has 1 atom stereocenters. The average molecular weight is 458 g/mol. The Kier molecular flexibility index (Phi) is 6.30. The van der Waals surface area contributed by atoms with E-state index in [1.54, 1.807) is 30.0 Å². The molecule has 1 aliphatic heterocycles. The summed E-state index contributed by atoms with van der Waals surface area (Å²) in [7, 11) is 0. The molecule has 31 heavy (non-hydrogen) atoms. The molecule has 4 rings (SSSR count). The first-order valence-electron chi connectivity index (χ1n) is 9.99. The van der Waals surface area contributed by atoms with Gasteiger partial charge in [0.25, 0.3) is 0 Å². The molecule has 8 heteroatoms. The number of hydrogen-bond donors (Lipinski definition) is 1. The zero-order valence-corrected chi connectivity index (χ0v) is 18.4. The first kappa shape index (κ1) is 21.4. The van der Waals surface area contributed by atoms with Crippen LogP contribution in [0.25, 0.3) is 11.5 Å². The fraction of sp³-hybridized carbons (Fsp3) is 0.261. The standard InChI is InChI=1S/C23H21Cl2N3O3/c1-14-19(27-23(31-14)15-6-3-2-4-7-15)13-21(29)28-9-5-8-20(28)22(30)26-18-11-16(24)10-17(25)12-18/h2-4,6-7,10-12,20H,5,8-9,13H2,1H3,(H,26,30). The van der Waals surface area contributed by atoms with Crippen molar-refractivity contribution in [1.82, 2.24) is 9.88 Å². The summed E-state index contributed by atoms with van der Waals surface area (Å²) in [5.41, 5.74) is 1.93. The topological polar surface area (TPSA) is 75.4 Å². The lowest BCUT2D eigenvalue weighted by atomic mass is 10.1. The van der Waals surface area contributed by atoms with Crippen LogP contribution < -0.4 is 5.32 Å². The van der Waals surface area contributed by atoms with Gasteiger partial charge in [-0.3, -0.25) is 9.59 Å². The number of hydrogen-bond acceptors (Lipinski definition) is 4. The minimum absolute atomic E-state index is 0.0783. The van der Waals surface area contributed by atoms with E-state index in [1.807, 2.05) is 30.3 Å². The lowest BCUT2D eigenvalue weighted by Gasteiger charge is -2.24. The number of anilines is 1. The molecule has 0 aliphatic carbocycles. The first-order valence-corrected chi connectivity index (χ1v) is 10.7. The van der Waals surface area contributed by atoms with E-state index >= 15 is 0 Å². The van der Waals surface area contributed by atoms with Crippen molar-refractivity contribution in [3.63, 3.8) is 0 Å². The fourth-order valence-electron chi connectivity index (χ4n) is 3.73. The number of likely N-dealkylation sites (tertiary alicyclic amines) is 1. The van der Waals surface area contributed by atoms with Crippen molar-refractivity contribution in [2.75, 3.05) is 11.9 Å². The number of carbonyl (C=O) groups excluding carboxylic acids is 2. The monoisotopic (exact) mass is 457 g/mol. The zero-order valence-electron chi connectivity index (χ0n) is 16.9. The van der Waals surface area contributed by atoms with Gasteiger partial charge in [-0.25, -0.2) is 4.98 Å². The smallest absolute Gasteiger partial charge is 0.247 e. The predicted octanol–water partition coefficient (Wildman–Crippen LogP) is 5.13. The van der Waals surface area contributed by atoms with E-state index in [9.17, 15) is 9.59 Å². The van der Waals surface area contributed by atoms with Crippen molar-refractivity contribution in [2.24, 2.45) is 0 Å². The summed E-state index contributed by atoms with van der Waals surface area (Å²) in [6.45, 7) is 2.31.